The number of carbonyl (C=O) groups is 2. The predicted octanol–water partition coefficient (Wildman–Crippen LogP) is 1.87. The molecule has 0 radical (unpaired) electrons. The molecule has 5 nitrogen and oxygen atoms in total. The molecule has 18 heavy (non-hydrogen) atoms. The Morgan fingerprint density at radius 2 is 2.00 bits per heavy atom. The second-order valence-electron chi connectivity index (χ2n) is 5.26. The fourth-order valence-corrected chi connectivity index (χ4v) is 1.80. The second-order valence-corrected chi connectivity index (χ2v) is 5.26. The summed E-state index contributed by atoms with van der Waals surface area (Å²) >= 11 is 0. The van der Waals surface area contributed by atoms with Gasteiger partial charge < -0.3 is 14.8 Å². The fourth-order valence-electron chi connectivity index (χ4n) is 1.80. The van der Waals surface area contributed by atoms with Gasteiger partial charge >= 0.3 is 12.1 Å². The maximum absolute atomic E-state index is 11.6. The molecule has 5 heteroatoms. The van der Waals surface area contributed by atoms with Crippen LogP contribution in [0.25, 0.3) is 0 Å². The zero-order valence-electron chi connectivity index (χ0n) is 11.4. The smallest absolute Gasteiger partial charge is 0.407 e. The van der Waals surface area contributed by atoms with Gasteiger partial charge in [0.15, 0.2) is 0 Å². The molecule has 1 rings (SSSR count). The van der Waals surface area contributed by atoms with Crippen molar-refractivity contribution in [2.45, 2.75) is 39.3 Å². The van der Waals surface area contributed by atoms with Crippen LogP contribution in [-0.4, -0.2) is 30.3 Å². The minimum absolute atomic E-state index is 0.0726. The van der Waals surface area contributed by atoms with Crippen molar-refractivity contribution in [2.75, 3.05) is 6.61 Å². The number of amides is 1. The molecular weight excluding hydrogens is 234 g/mol. The summed E-state index contributed by atoms with van der Waals surface area (Å²) in [5, 5.41) is 2.67. The molecule has 3 unspecified atom stereocenters. The molecule has 1 aliphatic carbocycles. The van der Waals surface area contributed by atoms with E-state index in [0.29, 0.717) is 6.61 Å². The van der Waals surface area contributed by atoms with E-state index in [4.69, 9.17) is 9.47 Å². The van der Waals surface area contributed by atoms with E-state index in [9.17, 15) is 9.59 Å². The van der Waals surface area contributed by atoms with Crippen LogP contribution >= 0.6 is 0 Å². The highest BCUT2D eigenvalue weighted by Gasteiger charge is 2.55. The summed E-state index contributed by atoms with van der Waals surface area (Å²) in [5.74, 6) is -0.713. The van der Waals surface area contributed by atoms with Crippen LogP contribution in [0.3, 0.4) is 0 Å². The van der Waals surface area contributed by atoms with Gasteiger partial charge in [0.25, 0.3) is 0 Å². The van der Waals surface area contributed by atoms with Gasteiger partial charge in [0.05, 0.1) is 18.6 Å². The second kappa shape index (κ2) is 5.42. The van der Waals surface area contributed by atoms with Crippen LogP contribution in [0.4, 0.5) is 4.79 Å². The number of ether oxygens (including phenoxy) is 2. The quantitative estimate of drug-likeness (QED) is 0.615. The largest absolute Gasteiger partial charge is 0.466 e. The van der Waals surface area contributed by atoms with Crippen LogP contribution < -0.4 is 5.32 Å². The van der Waals surface area contributed by atoms with Gasteiger partial charge in [-0.2, -0.15) is 0 Å². The van der Waals surface area contributed by atoms with Crippen molar-refractivity contribution >= 4 is 12.1 Å². The van der Waals surface area contributed by atoms with E-state index in [1.165, 1.54) is 0 Å². The topological polar surface area (TPSA) is 64.6 Å². The number of esters is 1. The molecule has 0 aliphatic heterocycles. The third-order valence-electron chi connectivity index (χ3n) is 2.59. The van der Waals surface area contributed by atoms with Crippen molar-refractivity contribution in [3.05, 3.63) is 12.7 Å². The van der Waals surface area contributed by atoms with Crippen LogP contribution in [-0.2, 0) is 14.3 Å². The van der Waals surface area contributed by atoms with E-state index in [1.807, 2.05) is 0 Å². The number of nitrogens with one attached hydrogen (secondary N) is 1. The Morgan fingerprint density at radius 3 is 2.44 bits per heavy atom. The van der Waals surface area contributed by atoms with Crippen molar-refractivity contribution in [1.29, 1.82) is 0 Å². The first kappa shape index (κ1) is 14.5. The van der Waals surface area contributed by atoms with Crippen molar-refractivity contribution in [3.63, 3.8) is 0 Å². The Bertz CT molecular complexity index is 345. The lowest BCUT2D eigenvalue weighted by Gasteiger charge is -2.19. The maximum Gasteiger partial charge on any atom is 0.407 e. The monoisotopic (exact) mass is 255 g/mol. The Kier molecular flexibility index (Phi) is 4.38. The molecule has 0 aromatic carbocycles. The van der Waals surface area contributed by atoms with Gasteiger partial charge in [-0.15, -0.1) is 6.58 Å². The summed E-state index contributed by atoms with van der Waals surface area (Å²) in [6.07, 6.45) is 1.13. The molecule has 0 aromatic heterocycles. The fraction of sp³-hybridized carbons (Fsp3) is 0.692. The lowest BCUT2D eigenvalue weighted by Crippen LogP contribution is -2.35. The van der Waals surface area contributed by atoms with Gasteiger partial charge in [-0.25, -0.2) is 4.79 Å². The normalized spacial score (nSPS) is 26.1. The summed E-state index contributed by atoms with van der Waals surface area (Å²) in [6.45, 7) is 11.1. The minimum atomic E-state index is -0.553. The maximum atomic E-state index is 11.6. The molecule has 0 bridgehead atoms. The van der Waals surface area contributed by atoms with E-state index in [2.05, 4.69) is 11.9 Å². The Labute approximate surface area is 108 Å². The van der Waals surface area contributed by atoms with Gasteiger partial charge in [-0.3, -0.25) is 4.79 Å². The molecule has 1 N–H and O–H groups in total. The highest BCUT2D eigenvalue weighted by Crippen LogP contribution is 2.41. The van der Waals surface area contributed by atoms with E-state index in [0.717, 1.165) is 0 Å². The lowest BCUT2D eigenvalue weighted by atomic mass is 10.2. The first-order valence-electron chi connectivity index (χ1n) is 6.09. The van der Waals surface area contributed by atoms with E-state index >= 15 is 0 Å². The molecule has 0 aromatic rings. The Balaban J connectivity index is 2.50. The number of hydrogen-bond acceptors (Lipinski definition) is 4. The molecule has 0 saturated heterocycles. The summed E-state index contributed by atoms with van der Waals surface area (Å²) in [7, 11) is 0. The number of alkyl carbamates (subject to hydrolysis) is 1. The highest BCUT2D eigenvalue weighted by atomic mass is 16.6. The molecule has 0 spiro atoms. The summed E-state index contributed by atoms with van der Waals surface area (Å²) in [5.41, 5.74) is -0.553. The zero-order valence-corrected chi connectivity index (χ0v) is 11.4. The standard InChI is InChI=1S/C13H21NO4/c1-6-8-9(11(15)17-7-2)10(8)14-12(16)18-13(3,4)5/h6,8-10H,1,7H2,2-5H3,(H,14,16). The lowest BCUT2D eigenvalue weighted by molar-refractivity contribution is -0.145. The van der Waals surface area contributed by atoms with Gasteiger partial charge in [0.2, 0.25) is 0 Å². The average molecular weight is 255 g/mol. The molecule has 1 fully saturated rings. The van der Waals surface area contributed by atoms with Crippen LogP contribution in [0.15, 0.2) is 12.7 Å². The predicted molar refractivity (Wildman–Crippen MR) is 67.0 cm³/mol. The van der Waals surface area contributed by atoms with Crippen molar-refractivity contribution < 1.29 is 19.1 Å². The van der Waals surface area contributed by atoms with Crippen LogP contribution in [0.2, 0.25) is 0 Å². The third-order valence-corrected chi connectivity index (χ3v) is 2.59. The van der Waals surface area contributed by atoms with Crippen molar-refractivity contribution in [3.8, 4) is 0 Å². The summed E-state index contributed by atoms with van der Waals surface area (Å²) < 4.78 is 10.1. The van der Waals surface area contributed by atoms with Gasteiger partial charge in [0.1, 0.15) is 5.60 Å². The molecule has 1 saturated carbocycles. The van der Waals surface area contributed by atoms with E-state index in [1.54, 1.807) is 33.8 Å². The van der Waals surface area contributed by atoms with Gasteiger partial charge in [0, 0.05) is 5.92 Å². The Morgan fingerprint density at radius 1 is 1.39 bits per heavy atom. The molecule has 0 heterocycles. The van der Waals surface area contributed by atoms with Crippen LogP contribution in [0.1, 0.15) is 27.7 Å². The van der Waals surface area contributed by atoms with Gasteiger partial charge in [-0.05, 0) is 27.7 Å². The van der Waals surface area contributed by atoms with Gasteiger partial charge in [-0.1, -0.05) is 6.08 Å². The first-order chi connectivity index (χ1) is 8.30. The number of carbonyl (C=O) groups excluding carboxylic acids is 2. The van der Waals surface area contributed by atoms with Crippen LogP contribution in [0, 0.1) is 11.8 Å². The molecular formula is C13H21NO4. The Hall–Kier alpha value is -1.52. The number of rotatable bonds is 4. The third kappa shape index (κ3) is 3.75. The zero-order chi connectivity index (χ0) is 13.9. The minimum Gasteiger partial charge on any atom is -0.466 e. The molecule has 102 valence electrons. The molecule has 3 atom stereocenters. The first-order valence-corrected chi connectivity index (χ1v) is 6.09. The summed E-state index contributed by atoms with van der Waals surface area (Å²) in [4.78, 5) is 23.2. The van der Waals surface area contributed by atoms with Crippen molar-refractivity contribution in [1.82, 2.24) is 5.32 Å². The highest BCUT2D eigenvalue weighted by molar-refractivity contribution is 5.80. The SMILES string of the molecule is C=CC1C(NC(=O)OC(C)(C)C)C1C(=O)OCC. The summed E-state index contributed by atoms with van der Waals surface area (Å²) in [6, 6.07) is -0.267. The van der Waals surface area contributed by atoms with Crippen molar-refractivity contribution in [2.24, 2.45) is 11.8 Å². The van der Waals surface area contributed by atoms with E-state index < -0.39 is 11.7 Å². The molecule has 1 amide bonds. The molecule has 1 aliphatic rings. The average Bonchev–Trinajstić information content (AvgIpc) is 2.88. The van der Waals surface area contributed by atoms with Crippen LogP contribution in [0.5, 0.6) is 0 Å². The number of hydrogen-bond donors (Lipinski definition) is 1. The van der Waals surface area contributed by atoms with E-state index in [-0.39, 0.29) is 23.8 Å².